The largest absolute Gasteiger partial charge is 0.444 e. The highest BCUT2D eigenvalue weighted by Gasteiger charge is 2.62. The van der Waals surface area contributed by atoms with E-state index < -0.39 is 75.1 Å². The summed E-state index contributed by atoms with van der Waals surface area (Å²) in [6.07, 6.45) is 3.06. The topological polar surface area (TPSA) is 181 Å². The minimum Gasteiger partial charge on any atom is -0.444 e. The summed E-state index contributed by atoms with van der Waals surface area (Å²) in [5.74, 6) is -3.05. The van der Waals surface area contributed by atoms with E-state index in [9.17, 15) is 36.8 Å². The Morgan fingerprint density at radius 2 is 1.76 bits per heavy atom. The van der Waals surface area contributed by atoms with Crippen molar-refractivity contribution >= 4 is 62.9 Å². The van der Waals surface area contributed by atoms with Gasteiger partial charge in [0.15, 0.2) is 0 Å². The molecule has 6 rings (SSSR count). The standard InChI is InChI=1S/C37H47ClFN5O9S2/c1-36(2,3)53-34(48)40-28-14-9-7-5-4-6-8-12-23-17-37(23,33(47)42-55(50,51)30-15-24(38)21-54-30)41-31(45)29-16-25(19-44(29)32(28)46)52-35(49)43-18-22-11-10-13-27(39)26(22)20-43/h10-11,13,15,21,23,25,28-29H,4-9,12,14,16-20H2,1-3H3,(H,40,48)(H,41,45)(H,42,47)/t23-,25-,28+,29+,37-/m1/s1. The number of thiophene rings is 1. The third-order valence-corrected chi connectivity index (χ3v) is 13.6. The smallest absolute Gasteiger partial charge is 0.410 e. The summed E-state index contributed by atoms with van der Waals surface area (Å²) < 4.78 is 54.1. The Bertz CT molecular complexity index is 1940. The molecular weight excluding hydrogens is 777 g/mol. The van der Waals surface area contributed by atoms with Crippen LogP contribution in [0.1, 0.15) is 96.1 Å². The first kappa shape index (κ1) is 40.7. The van der Waals surface area contributed by atoms with Crippen LogP contribution in [-0.4, -0.2) is 84.0 Å². The van der Waals surface area contributed by atoms with Gasteiger partial charge in [0.05, 0.1) is 18.1 Å². The van der Waals surface area contributed by atoms with Crippen molar-refractivity contribution < 1.29 is 46.3 Å². The minimum absolute atomic E-state index is 0.0123. The molecule has 3 fully saturated rings. The van der Waals surface area contributed by atoms with Crippen molar-refractivity contribution in [1.29, 1.82) is 0 Å². The van der Waals surface area contributed by atoms with Crippen molar-refractivity contribution in [2.24, 2.45) is 5.92 Å². The van der Waals surface area contributed by atoms with Crippen LogP contribution in [0.25, 0.3) is 0 Å². The Labute approximate surface area is 328 Å². The second-order valence-corrected chi connectivity index (χ2v) is 19.0. The number of benzene rings is 1. The van der Waals surface area contributed by atoms with Gasteiger partial charge in [-0.05, 0) is 63.6 Å². The number of nitrogens with zero attached hydrogens (tertiary/aromatic N) is 2. The van der Waals surface area contributed by atoms with E-state index in [4.69, 9.17) is 21.1 Å². The Morgan fingerprint density at radius 1 is 1.05 bits per heavy atom. The average molecular weight is 824 g/mol. The van der Waals surface area contributed by atoms with Gasteiger partial charge in [0, 0.05) is 23.9 Å². The van der Waals surface area contributed by atoms with E-state index in [0.717, 1.165) is 43.4 Å². The molecule has 2 aromatic rings. The molecule has 14 nitrogen and oxygen atoms in total. The van der Waals surface area contributed by atoms with E-state index in [-0.39, 0.29) is 54.0 Å². The molecule has 0 bridgehead atoms. The number of fused-ring (bicyclic) bond motifs is 3. The summed E-state index contributed by atoms with van der Waals surface area (Å²) >= 11 is 6.80. The number of nitrogens with one attached hydrogen (secondary N) is 3. The normalized spacial score (nSPS) is 26.3. The molecule has 55 heavy (non-hydrogen) atoms. The van der Waals surface area contributed by atoms with E-state index in [1.54, 1.807) is 32.9 Å². The average Bonchev–Trinajstić information content (AvgIpc) is 3.48. The fraction of sp³-hybridized carbons (Fsp3) is 0.595. The number of hydrogen-bond acceptors (Lipinski definition) is 10. The van der Waals surface area contributed by atoms with Crippen LogP contribution in [0.15, 0.2) is 33.9 Å². The van der Waals surface area contributed by atoms with Crippen LogP contribution in [0, 0.1) is 11.7 Å². The van der Waals surface area contributed by atoms with Crippen molar-refractivity contribution in [3.05, 3.63) is 51.6 Å². The third kappa shape index (κ3) is 9.54. The van der Waals surface area contributed by atoms with Gasteiger partial charge in [-0.15, -0.1) is 11.3 Å². The monoisotopic (exact) mass is 823 g/mol. The number of amides is 5. The number of rotatable bonds is 5. The molecule has 0 spiro atoms. The highest BCUT2D eigenvalue weighted by molar-refractivity contribution is 7.92. The molecule has 300 valence electrons. The van der Waals surface area contributed by atoms with Gasteiger partial charge in [0.1, 0.15) is 39.4 Å². The molecule has 2 saturated heterocycles. The zero-order chi connectivity index (χ0) is 39.7. The number of hydrogen-bond donors (Lipinski definition) is 3. The molecule has 3 N–H and O–H groups in total. The van der Waals surface area contributed by atoms with Gasteiger partial charge in [0.2, 0.25) is 11.8 Å². The SMILES string of the molecule is CC(C)(C)OC(=O)N[C@H]1CCCCCCCC[C@@H]2C[C@@]2(C(=O)NS(=O)(=O)c2cc(Cl)cs2)NC(=O)[C@@H]2C[C@@H](OC(=O)N3Cc4cccc(F)c4C3)CN2C1=O. The number of alkyl carbamates (subject to hydrolysis) is 1. The molecule has 3 aliphatic heterocycles. The maximum atomic E-state index is 14.5. The summed E-state index contributed by atoms with van der Waals surface area (Å²) in [7, 11) is -4.32. The first-order valence-corrected chi connectivity index (χ1v) is 21.3. The van der Waals surface area contributed by atoms with Crippen LogP contribution in [-0.2, 0) is 47.0 Å². The first-order valence-electron chi connectivity index (χ1n) is 18.6. The molecule has 5 atom stereocenters. The molecule has 1 aliphatic carbocycles. The Kier molecular flexibility index (Phi) is 12.0. The van der Waals surface area contributed by atoms with E-state index in [1.165, 1.54) is 27.3 Å². The molecule has 4 heterocycles. The minimum atomic E-state index is -4.32. The van der Waals surface area contributed by atoms with Crippen molar-refractivity contribution in [1.82, 2.24) is 25.2 Å². The maximum absolute atomic E-state index is 14.5. The van der Waals surface area contributed by atoms with Crippen molar-refractivity contribution in [3.8, 4) is 0 Å². The molecule has 0 radical (unpaired) electrons. The number of carbonyl (C=O) groups excluding carboxylic acids is 5. The summed E-state index contributed by atoms with van der Waals surface area (Å²) in [4.78, 5) is 71.6. The van der Waals surface area contributed by atoms with Gasteiger partial charge < -0.3 is 25.0 Å². The lowest BCUT2D eigenvalue weighted by Gasteiger charge is -2.30. The van der Waals surface area contributed by atoms with Gasteiger partial charge in [0.25, 0.3) is 15.9 Å². The van der Waals surface area contributed by atoms with Crippen LogP contribution < -0.4 is 15.4 Å². The lowest BCUT2D eigenvalue weighted by atomic mass is 10.0. The van der Waals surface area contributed by atoms with Crippen molar-refractivity contribution in [2.75, 3.05) is 6.54 Å². The highest BCUT2D eigenvalue weighted by Crippen LogP contribution is 2.48. The quantitative estimate of drug-likeness (QED) is 0.358. The second kappa shape index (κ2) is 16.3. The zero-order valence-corrected chi connectivity index (χ0v) is 33.4. The Balaban J connectivity index is 1.26. The van der Waals surface area contributed by atoms with Crippen LogP contribution in [0.3, 0.4) is 0 Å². The van der Waals surface area contributed by atoms with Crippen LogP contribution in [0.2, 0.25) is 5.02 Å². The first-order chi connectivity index (χ1) is 26.0. The van der Waals surface area contributed by atoms with E-state index in [1.807, 2.05) is 0 Å². The summed E-state index contributed by atoms with van der Waals surface area (Å²) in [6.45, 7) is 4.98. The molecule has 4 aliphatic rings. The van der Waals surface area contributed by atoms with E-state index in [0.29, 0.717) is 24.0 Å². The number of carbonyl (C=O) groups is 5. The number of sulfonamides is 1. The van der Waals surface area contributed by atoms with E-state index >= 15 is 0 Å². The predicted octanol–water partition coefficient (Wildman–Crippen LogP) is 5.37. The van der Waals surface area contributed by atoms with Gasteiger partial charge in [-0.25, -0.2) is 27.1 Å². The second-order valence-electron chi connectivity index (χ2n) is 15.8. The Hall–Kier alpha value is -3.96. The van der Waals surface area contributed by atoms with Gasteiger partial charge in [-0.3, -0.25) is 19.3 Å². The van der Waals surface area contributed by atoms with Crippen molar-refractivity contribution in [3.63, 3.8) is 0 Å². The molecule has 1 aromatic carbocycles. The molecule has 18 heteroatoms. The Morgan fingerprint density at radius 3 is 2.44 bits per heavy atom. The van der Waals surface area contributed by atoms with E-state index in [2.05, 4.69) is 15.4 Å². The number of halogens is 2. The number of ether oxygens (including phenoxy) is 2. The molecule has 1 saturated carbocycles. The third-order valence-electron chi connectivity index (χ3n) is 10.5. The highest BCUT2D eigenvalue weighted by atomic mass is 35.5. The fourth-order valence-electron chi connectivity index (χ4n) is 7.62. The molecular formula is C37H47ClFN5O9S2. The van der Waals surface area contributed by atoms with Gasteiger partial charge in [-0.1, -0.05) is 62.3 Å². The predicted molar refractivity (Wildman–Crippen MR) is 200 cm³/mol. The molecule has 5 amide bonds. The lowest BCUT2D eigenvalue weighted by Crippen LogP contribution is -2.58. The van der Waals surface area contributed by atoms with Gasteiger partial charge in [-0.2, -0.15) is 0 Å². The lowest BCUT2D eigenvalue weighted by molar-refractivity contribution is -0.141. The van der Waals surface area contributed by atoms with Gasteiger partial charge >= 0.3 is 12.2 Å². The van der Waals surface area contributed by atoms with Crippen molar-refractivity contribution in [2.45, 2.75) is 132 Å². The molecule has 0 unspecified atom stereocenters. The zero-order valence-electron chi connectivity index (χ0n) is 31.0. The fourth-order valence-corrected chi connectivity index (χ4v) is 10.1. The molecule has 1 aromatic heterocycles. The van der Waals surface area contributed by atoms with Crippen LogP contribution in [0.4, 0.5) is 14.0 Å². The van der Waals surface area contributed by atoms with Crippen LogP contribution in [0.5, 0.6) is 0 Å². The summed E-state index contributed by atoms with van der Waals surface area (Å²) in [5.41, 5.74) is -1.40. The maximum Gasteiger partial charge on any atom is 0.410 e. The summed E-state index contributed by atoms with van der Waals surface area (Å²) in [5, 5.41) is 7.12. The summed E-state index contributed by atoms with van der Waals surface area (Å²) in [6, 6.07) is 3.48. The van der Waals surface area contributed by atoms with Crippen LogP contribution >= 0.6 is 22.9 Å².